The lowest BCUT2D eigenvalue weighted by Gasteiger charge is -2.20. The summed E-state index contributed by atoms with van der Waals surface area (Å²) in [5.41, 5.74) is 0.814. The minimum absolute atomic E-state index is 0.182. The van der Waals surface area contributed by atoms with E-state index in [1.807, 2.05) is 0 Å². The molecule has 0 bridgehead atoms. The lowest BCUT2D eigenvalue weighted by Crippen LogP contribution is -2.30. The van der Waals surface area contributed by atoms with Crippen molar-refractivity contribution in [2.24, 2.45) is 0 Å². The van der Waals surface area contributed by atoms with E-state index in [4.69, 9.17) is 4.18 Å². The van der Waals surface area contributed by atoms with E-state index in [-0.39, 0.29) is 11.5 Å². The van der Waals surface area contributed by atoms with Crippen molar-refractivity contribution >= 4 is 21.8 Å². The molecular formula is C21H17NO4S. The lowest BCUT2D eigenvalue weighted by molar-refractivity contribution is 0.104. The second kappa shape index (κ2) is 8.33. The molecule has 0 amide bonds. The van der Waals surface area contributed by atoms with Crippen molar-refractivity contribution in [1.29, 1.82) is 0 Å². The fraction of sp³-hybridized carbons (Fsp3) is 0. The number of allylic oxidation sites excluding steroid dienone is 1. The molecule has 5 nitrogen and oxygen atoms in total. The van der Waals surface area contributed by atoms with Crippen molar-refractivity contribution < 1.29 is 17.4 Å². The largest absolute Gasteiger partial charge is 0.413 e. The van der Waals surface area contributed by atoms with Gasteiger partial charge in [0.25, 0.3) is 0 Å². The molecule has 0 spiro atoms. The third kappa shape index (κ3) is 4.83. The van der Waals surface area contributed by atoms with Crippen LogP contribution in [0.15, 0.2) is 103 Å². The van der Waals surface area contributed by atoms with Gasteiger partial charge in [-0.25, -0.2) is 4.31 Å². The molecule has 0 unspecified atom stereocenters. The molecule has 0 saturated carbocycles. The normalized spacial score (nSPS) is 11.3. The maximum absolute atomic E-state index is 12.8. The van der Waals surface area contributed by atoms with E-state index in [0.717, 1.165) is 4.31 Å². The van der Waals surface area contributed by atoms with Gasteiger partial charge in [-0.2, -0.15) is 8.42 Å². The van der Waals surface area contributed by atoms with Crippen molar-refractivity contribution in [2.75, 3.05) is 4.31 Å². The van der Waals surface area contributed by atoms with Gasteiger partial charge >= 0.3 is 10.3 Å². The molecule has 0 aliphatic heterocycles. The van der Waals surface area contributed by atoms with Gasteiger partial charge in [0.2, 0.25) is 0 Å². The number of hydrogen-bond acceptors (Lipinski definition) is 4. The van der Waals surface area contributed by atoms with E-state index < -0.39 is 10.3 Å². The average Bonchev–Trinajstić information content (AvgIpc) is 2.69. The number of nitrogens with zero attached hydrogens (tertiary/aromatic N) is 1. The molecule has 0 radical (unpaired) electrons. The van der Waals surface area contributed by atoms with Gasteiger partial charge < -0.3 is 4.18 Å². The van der Waals surface area contributed by atoms with Gasteiger partial charge in [-0.15, -0.1) is 0 Å². The van der Waals surface area contributed by atoms with Crippen LogP contribution in [0.5, 0.6) is 5.75 Å². The number of para-hydroxylation sites is 2. The summed E-state index contributed by atoms with van der Waals surface area (Å²) in [6, 6.07) is 25.2. The van der Waals surface area contributed by atoms with Crippen molar-refractivity contribution in [2.45, 2.75) is 0 Å². The van der Waals surface area contributed by atoms with Gasteiger partial charge in [-0.3, -0.25) is 4.79 Å². The molecular weight excluding hydrogens is 362 g/mol. The fourth-order valence-corrected chi connectivity index (χ4v) is 3.36. The molecule has 0 atom stereocenters. The molecule has 136 valence electrons. The molecule has 27 heavy (non-hydrogen) atoms. The predicted octanol–water partition coefficient (Wildman–Crippen LogP) is 4.21. The Kier molecular flexibility index (Phi) is 5.68. The second-order valence-electron chi connectivity index (χ2n) is 5.53. The zero-order valence-electron chi connectivity index (χ0n) is 14.3. The Morgan fingerprint density at radius 3 is 1.89 bits per heavy atom. The van der Waals surface area contributed by atoms with E-state index in [2.05, 4.69) is 0 Å². The molecule has 0 aromatic heterocycles. The Morgan fingerprint density at radius 2 is 1.30 bits per heavy atom. The van der Waals surface area contributed by atoms with Crippen LogP contribution < -0.4 is 8.49 Å². The van der Waals surface area contributed by atoms with Gasteiger partial charge in [0.15, 0.2) is 5.78 Å². The molecule has 0 fully saturated rings. The number of carbonyl (C=O) groups excluding carboxylic acids is 1. The molecule has 0 heterocycles. The molecule has 0 saturated heterocycles. The highest BCUT2D eigenvalue weighted by Gasteiger charge is 2.23. The highest BCUT2D eigenvalue weighted by Crippen LogP contribution is 2.22. The Balaban J connectivity index is 1.92. The highest BCUT2D eigenvalue weighted by atomic mass is 32.2. The monoisotopic (exact) mass is 379 g/mol. The first kappa shape index (κ1) is 18.4. The fourth-order valence-electron chi connectivity index (χ4n) is 2.34. The average molecular weight is 379 g/mol. The number of anilines is 1. The van der Waals surface area contributed by atoms with Crippen LogP contribution in [-0.2, 0) is 10.3 Å². The Morgan fingerprint density at radius 1 is 0.778 bits per heavy atom. The first-order valence-electron chi connectivity index (χ1n) is 8.18. The topological polar surface area (TPSA) is 63.7 Å². The maximum atomic E-state index is 12.8. The predicted molar refractivity (Wildman–Crippen MR) is 105 cm³/mol. The van der Waals surface area contributed by atoms with E-state index in [9.17, 15) is 13.2 Å². The van der Waals surface area contributed by atoms with Crippen LogP contribution in [0.2, 0.25) is 0 Å². The van der Waals surface area contributed by atoms with Gasteiger partial charge in [0, 0.05) is 17.8 Å². The highest BCUT2D eigenvalue weighted by molar-refractivity contribution is 7.88. The smallest absolute Gasteiger partial charge is 0.366 e. The standard InChI is InChI=1S/C21H17NO4S/c23-21(18-10-4-1-5-11-18)16-17-22(19-12-6-2-7-13-19)27(24,25)26-20-14-8-3-9-15-20/h1-17H/b17-16+. The van der Waals surface area contributed by atoms with Gasteiger partial charge in [0.1, 0.15) is 5.75 Å². The molecule has 3 aromatic rings. The van der Waals surface area contributed by atoms with E-state index in [1.54, 1.807) is 91.0 Å². The first-order chi connectivity index (χ1) is 13.1. The molecule has 0 aliphatic carbocycles. The molecule has 3 aromatic carbocycles. The van der Waals surface area contributed by atoms with Crippen LogP contribution in [0.4, 0.5) is 5.69 Å². The lowest BCUT2D eigenvalue weighted by atomic mass is 10.1. The number of ketones is 1. The third-order valence-corrected chi connectivity index (χ3v) is 4.83. The molecule has 3 rings (SSSR count). The summed E-state index contributed by atoms with van der Waals surface area (Å²) in [6.07, 6.45) is 2.40. The van der Waals surface area contributed by atoms with Gasteiger partial charge in [-0.1, -0.05) is 66.7 Å². The summed E-state index contributed by atoms with van der Waals surface area (Å²) in [6.45, 7) is 0. The molecule has 0 N–H and O–H groups in total. The van der Waals surface area contributed by atoms with Crippen molar-refractivity contribution in [1.82, 2.24) is 0 Å². The summed E-state index contributed by atoms with van der Waals surface area (Å²) in [5, 5.41) is 0. The third-order valence-electron chi connectivity index (χ3n) is 3.62. The van der Waals surface area contributed by atoms with Crippen LogP contribution in [0.25, 0.3) is 0 Å². The van der Waals surface area contributed by atoms with Crippen molar-refractivity contribution in [3.63, 3.8) is 0 Å². The van der Waals surface area contributed by atoms with Gasteiger partial charge in [0.05, 0.1) is 5.69 Å². The van der Waals surface area contributed by atoms with Crippen molar-refractivity contribution in [3.05, 3.63) is 109 Å². The van der Waals surface area contributed by atoms with Crippen LogP contribution in [0, 0.1) is 0 Å². The summed E-state index contributed by atoms with van der Waals surface area (Å²) in [4.78, 5) is 12.3. The van der Waals surface area contributed by atoms with Crippen LogP contribution in [0.3, 0.4) is 0 Å². The minimum Gasteiger partial charge on any atom is -0.366 e. The summed E-state index contributed by atoms with van der Waals surface area (Å²) >= 11 is 0. The number of carbonyl (C=O) groups is 1. The summed E-state index contributed by atoms with van der Waals surface area (Å²) in [7, 11) is -4.21. The molecule has 0 aliphatic rings. The zero-order valence-corrected chi connectivity index (χ0v) is 15.1. The maximum Gasteiger partial charge on any atom is 0.413 e. The minimum atomic E-state index is -4.21. The van der Waals surface area contributed by atoms with E-state index in [1.165, 1.54) is 12.3 Å². The van der Waals surface area contributed by atoms with E-state index in [0.29, 0.717) is 11.3 Å². The van der Waals surface area contributed by atoms with E-state index >= 15 is 0 Å². The number of hydrogen-bond donors (Lipinski definition) is 0. The number of rotatable bonds is 7. The Labute approximate surface area is 158 Å². The SMILES string of the molecule is O=C(/C=C/N(c1ccccc1)S(=O)(=O)Oc1ccccc1)c1ccccc1. The Hall–Kier alpha value is -3.38. The van der Waals surface area contributed by atoms with Crippen molar-refractivity contribution in [3.8, 4) is 5.75 Å². The van der Waals surface area contributed by atoms with Gasteiger partial charge in [-0.05, 0) is 24.3 Å². The van der Waals surface area contributed by atoms with Crippen LogP contribution in [-0.4, -0.2) is 14.2 Å². The van der Waals surface area contributed by atoms with Crippen LogP contribution >= 0.6 is 0 Å². The quantitative estimate of drug-likeness (QED) is 0.456. The zero-order chi connectivity index (χ0) is 19.1. The first-order valence-corrected chi connectivity index (χ1v) is 9.54. The summed E-state index contributed by atoms with van der Waals surface area (Å²) in [5.74, 6) is -0.132. The van der Waals surface area contributed by atoms with Crippen LogP contribution in [0.1, 0.15) is 10.4 Å². The summed E-state index contributed by atoms with van der Waals surface area (Å²) < 4.78 is 31.7. The number of benzene rings is 3. The Bertz CT molecular complexity index is 1020. The molecule has 6 heteroatoms. The second-order valence-corrected chi connectivity index (χ2v) is 6.95.